The lowest BCUT2D eigenvalue weighted by Crippen LogP contribution is -2.54. The molecule has 0 heterocycles. The molecule has 0 saturated heterocycles. The van der Waals surface area contributed by atoms with Crippen LogP contribution in [0, 0.1) is 40.4 Å². The Hall–Kier alpha value is -0.550. The second kappa shape index (κ2) is 7.73. The quantitative estimate of drug-likeness (QED) is 0.445. The molecule has 0 aromatic carbocycles. The van der Waals surface area contributed by atoms with E-state index >= 15 is 0 Å². The third-order valence-corrected chi connectivity index (χ3v) is 10.6. The number of allylic oxidation sites excluding steroid dienone is 2. The molecule has 3 fully saturated rings. The molecule has 4 rings (SSSR count). The molecule has 4 aliphatic rings. The highest BCUT2D eigenvalue weighted by molar-refractivity contribution is 5.30. The van der Waals surface area contributed by atoms with E-state index in [2.05, 4.69) is 26.8 Å². The molecule has 9 atom stereocenters. The minimum absolute atomic E-state index is 0.102. The van der Waals surface area contributed by atoms with Crippen molar-refractivity contribution in [2.75, 3.05) is 0 Å². The fraction of sp³-hybridized carbons (Fsp3) is 0.926. The normalized spacial score (nSPS) is 47.0. The molecule has 0 aromatic heterocycles. The van der Waals surface area contributed by atoms with Crippen LogP contribution < -0.4 is 0 Å². The van der Waals surface area contributed by atoms with Crippen LogP contribution in [0.1, 0.15) is 98.8 Å². The van der Waals surface area contributed by atoms with Crippen molar-refractivity contribution in [1.29, 1.82) is 0 Å². The van der Waals surface area contributed by atoms with Gasteiger partial charge in [0.15, 0.2) is 5.60 Å². The maximum absolute atomic E-state index is 13.3. The highest BCUT2D eigenvalue weighted by atomic mass is 19.4. The van der Waals surface area contributed by atoms with E-state index < -0.39 is 17.4 Å². The summed E-state index contributed by atoms with van der Waals surface area (Å²) in [7, 11) is 0. The highest BCUT2D eigenvalue weighted by Crippen LogP contribution is 2.67. The summed E-state index contributed by atoms with van der Waals surface area (Å²) in [6, 6.07) is 0. The lowest BCUT2D eigenvalue weighted by Gasteiger charge is -2.61. The van der Waals surface area contributed by atoms with Crippen LogP contribution in [0.5, 0.6) is 0 Å². The first-order chi connectivity index (χ1) is 14.6. The molecule has 0 aromatic rings. The fourth-order valence-corrected chi connectivity index (χ4v) is 8.21. The standard InChI is InChI=1S/C27H43F3O2/c1-17(8-12-26(5,32)27(28,29)30)19-15-18-16-24(3,31)13-14-25(18,4)21-9-11-23(2)10-6-7-20(23)22(19)21/h9,17-20,22,31-32H,6-8,10-16H2,1-5H3/t17-,18+,19?,20+,22+,23-,24+,25+,26-/m1/s1. The Labute approximate surface area is 192 Å². The van der Waals surface area contributed by atoms with Gasteiger partial charge in [0.05, 0.1) is 5.60 Å². The topological polar surface area (TPSA) is 40.5 Å². The van der Waals surface area contributed by atoms with E-state index in [0.29, 0.717) is 35.5 Å². The molecule has 0 bridgehead atoms. The Kier molecular flexibility index (Phi) is 5.94. The number of rotatable bonds is 4. The van der Waals surface area contributed by atoms with Gasteiger partial charge in [-0.2, -0.15) is 13.2 Å². The van der Waals surface area contributed by atoms with Crippen LogP contribution in [-0.2, 0) is 0 Å². The summed E-state index contributed by atoms with van der Waals surface area (Å²) < 4.78 is 39.9. The first kappa shape index (κ1) is 24.6. The van der Waals surface area contributed by atoms with Crippen LogP contribution in [-0.4, -0.2) is 27.6 Å². The van der Waals surface area contributed by atoms with Gasteiger partial charge in [-0.3, -0.25) is 0 Å². The Morgan fingerprint density at radius 1 is 1.16 bits per heavy atom. The number of aliphatic hydroxyl groups is 2. The minimum Gasteiger partial charge on any atom is -0.390 e. The maximum Gasteiger partial charge on any atom is 0.416 e. The van der Waals surface area contributed by atoms with E-state index in [1.54, 1.807) is 5.57 Å². The average Bonchev–Trinajstić information content (AvgIpc) is 3.07. The van der Waals surface area contributed by atoms with Gasteiger partial charge in [0.25, 0.3) is 0 Å². The summed E-state index contributed by atoms with van der Waals surface area (Å²) in [5.41, 5.74) is -1.31. The molecule has 0 aliphatic heterocycles. The van der Waals surface area contributed by atoms with Gasteiger partial charge in [-0.1, -0.05) is 38.8 Å². The highest BCUT2D eigenvalue weighted by Gasteiger charge is 2.59. The van der Waals surface area contributed by atoms with E-state index in [9.17, 15) is 23.4 Å². The summed E-state index contributed by atoms with van der Waals surface area (Å²) in [6.07, 6.45) is 6.47. The van der Waals surface area contributed by atoms with Gasteiger partial charge < -0.3 is 10.2 Å². The zero-order valence-corrected chi connectivity index (χ0v) is 20.6. The van der Waals surface area contributed by atoms with E-state index in [1.807, 2.05) is 6.92 Å². The lowest BCUT2D eigenvalue weighted by atomic mass is 9.44. The first-order valence-corrected chi connectivity index (χ1v) is 12.8. The lowest BCUT2D eigenvalue weighted by molar-refractivity contribution is -0.256. The number of hydrogen-bond acceptors (Lipinski definition) is 2. The molecule has 184 valence electrons. The molecule has 32 heavy (non-hydrogen) atoms. The second-order valence-electron chi connectivity index (χ2n) is 13.0. The van der Waals surface area contributed by atoms with Crippen molar-refractivity contribution in [3.05, 3.63) is 11.6 Å². The van der Waals surface area contributed by atoms with Gasteiger partial charge in [0, 0.05) is 0 Å². The van der Waals surface area contributed by atoms with Crippen molar-refractivity contribution >= 4 is 0 Å². The van der Waals surface area contributed by atoms with E-state index in [-0.39, 0.29) is 17.8 Å². The van der Waals surface area contributed by atoms with Crippen molar-refractivity contribution in [3.8, 4) is 0 Å². The van der Waals surface area contributed by atoms with Crippen LogP contribution in [0.4, 0.5) is 13.2 Å². The number of fused-ring (bicyclic) bond motifs is 5. The Balaban J connectivity index is 1.65. The van der Waals surface area contributed by atoms with Gasteiger partial charge in [-0.15, -0.1) is 0 Å². The molecule has 2 nitrogen and oxygen atoms in total. The van der Waals surface area contributed by atoms with Gasteiger partial charge >= 0.3 is 6.18 Å². The van der Waals surface area contributed by atoms with E-state index in [4.69, 9.17) is 0 Å². The van der Waals surface area contributed by atoms with Gasteiger partial charge in [0.2, 0.25) is 0 Å². The molecule has 0 amide bonds. The molecule has 2 N–H and O–H groups in total. The third-order valence-electron chi connectivity index (χ3n) is 10.6. The van der Waals surface area contributed by atoms with Crippen molar-refractivity contribution in [2.45, 2.75) is 116 Å². The van der Waals surface area contributed by atoms with Crippen molar-refractivity contribution in [1.82, 2.24) is 0 Å². The summed E-state index contributed by atoms with van der Waals surface area (Å²) in [5, 5.41) is 20.9. The monoisotopic (exact) mass is 456 g/mol. The van der Waals surface area contributed by atoms with Crippen LogP contribution in [0.2, 0.25) is 0 Å². The predicted molar refractivity (Wildman–Crippen MR) is 121 cm³/mol. The minimum atomic E-state index is -4.60. The van der Waals surface area contributed by atoms with Crippen molar-refractivity contribution in [3.63, 3.8) is 0 Å². The predicted octanol–water partition coefficient (Wildman–Crippen LogP) is 7.05. The molecular formula is C27H43F3O2. The second-order valence-corrected chi connectivity index (χ2v) is 13.0. The maximum atomic E-state index is 13.3. The summed E-state index contributed by atoms with van der Waals surface area (Å²) in [4.78, 5) is 0. The van der Waals surface area contributed by atoms with Gasteiger partial charge in [-0.25, -0.2) is 0 Å². The zero-order chi connectivity index (χ0) is 23.7. The molecule has 1 unspecified atom stereocenters. The van der Waals surface area contributed by atoms with Crippen LogP contribution >= 0.6 is 0 Å². The van der Waals surface area contributed by atoms with Crippen LogP contribution in [0.25, 0.3) is 0 Å². The first-order valence-electron chi connectivity index (χ1n) is 12.8. The van der Waals surface area contributed by atoms with Gasteiger partial charge in [-0.05, 0) is 112 Å². The zero-order valence-electron chi connectivity index (χ0n) is 20.6. The number of halogens is 3. The Bertz CT molecular complexity index is 754. The number of hydrogen-bond donors (Lipinski definition) is 2. The molecule has 0 spiro atoms. The van der Waals surface area contributed by atoms with Gasteiger partial charge in [0.1, 0.15) is 0 Å². The fourth-order valence-electron chi connectivity index (χ4n) is 8.21. The Morgan fingerprint density at radius 3 is 2.50 bits per heavy atom. The Morgan fingerprint density at radius 2 is 1.84 bits per heavy atom. The SMILES string of the molecule is C[C@H](CC[C@@](C)(O)C(F)(F)F)C1C[C@H]2C[C@@](C)(O)CC[C@]2(C)C2=CC[C@@]3(C)CCC[C@H]3[C@@H]21. The molecule has 5 heteroatoms. The summed E-state index contributed by atoms with van der Waals surface area (Å²) >= 11 is 0. The largest absolute Gasteiger partial charge is 0.416 e. The molecule has 0 radical (unpaired) electrons. The average molecular weight is 457 g/mol. The van der Waals surface area contributed by atoms with Crippen LogP contribution in [0.3, 0.4) is 0 Å². The van der Waals surface area contributed by atoms with E-state index in [1.165, 1.54) is 19.3 Å². The van der Waals surface area contributed by atoms with Crippen LogP contribution in [0.15, 0.2) is 11.6 Å². The molecular weight excluding hydrogens is 413 g/mol. The van der Waals surface area contributed by atoms with Crippen molar-refractivity contribution in [2.24, 2.45) is 40.4 Å². The molecule has 3 saturated carbocycles. The smallest absolute Gasteiger partial charge is 0.390 e. The number of alkyl halides is 3. The summed E-state index contributed by atoms with van der Waals surface area (Å²) in [6.45, 7) is 9.79. The third kappa shape index (κ3) is 3.97. The van der Waals surface area contributed by atoms with Crippen molar-refractivity contribution < 1.29 is 23.4 Å². The van der Waals surface area contributed by atoms with E-state index in [0.717, 1.165) is 39.0 Å². The summed E-state index contributed by atoms with van der Waals surface area (Å²) in [5.74, 6) is 1.84. The molecule has 4 aliphatic carbocycles.